The third-order valence-corrected chi connectivity index (χ3v) is 6.64. The van der Waals surface area contributed by atoms with Gasteiger partial charge in [0.15, 0.2) is 5.84 Å². The second-order valence-electron chi connectivity index (χ2n) is 7.62. The Bertz CT molecular complexity index is 848. The summed E-state index contributed by atoms with van der Waals surface area (Å²) < 4.78 is 0. The molecule has 0 saturated carbocycles. The third kappa shape index (κ3) is 4.51. The van der Waals surface area contributed by atoms with Crippen molar-refractivity contribution in [3.05, 3.63) is 57.5 Å². The molecule has 148 valence electrons. The molecule has 1 aromatic heterocycles. The lowest BCUT2D eigenvalue weighted by atomic mass is 10.1. The van der Waals surface area contributed by atoms with Gasteiger partial charge in [-0.1, -0.05) is 24.6 Å². The van der Waals surface area contributed by atoms with Gasteiger partial charge in [0.25, 0.3) is 5.91 Å². The quantitative estimate of drug-likeness (QED) is 0.450. The Morgan fingerprint density at radius 1 is 1.21 bits per heavy atom. The summed E-state index contributed by atoms with van der Waals surface area (Å²) in [4.78, 5) is 20.9. The molecule has 1 aromatic rings. The van der Waals surface area contributed by atoms with E-state index in [1.165, 1.54) is 49.0 Å². The molecule has 4 heterocycles. The fraction of sp³-hybridized carbons (Fsp3) is 0.455. The van der Waals surface area contributed by atoms with Crippen LogP contribution in [-0.2, 0) is 17.8 Å². The number of amides is 1. The minimum atomic E-state index is -0.210. The first-order valence-corrected chi connectivity index (χ1v) is 11.1. The largest absolute Gasteiger partial charge is 0.299 e. The van der Waals surface area contributed by atoms with Gasteiger partial charge in [-0.15, -0.1) is 11.3 Å². The van der Waals surface area contributed by atoms with Crippen molar-refractivity contribution in [3.63, 3.8) is 0 Å². The number of hydrogen-bond donors (Lipinski definition) is 1. The van der Waals surface area contributed by atoms with E-state index in [9.17, 15) is 4.79 Å². The van der Waals surface area contributed by atoms with Crippen molar-refractivity contribution in [2.75, 3.05) is 13.1 Å². The molecule has 5 nitrogen and oxygen atoms in total. The van der Waals surface area contributed by atoms with Gasteiger partial charge in [-0.3, -0.25) is 9.69 Å². The van der Waals surface area contributed by atoms with Crippen molar-refractivity contribution in [2.24, 2.45) is 10.8 Å². The van der Waals surface area contributed by atoms with E-state index in [0.717, 1.165) is 37.1 Å². The number of allylic oxidation sites excluding steroid dienone is 4. The highest BCUT2D eigenvalue weighted by Crippen LogP contribution is 2.25. The normalized spacial score (nSPS) is 20.0. The van der Waals surface area contributed by atoms with Crippen LogP contribution in [0.1, 0.15) is 49.0 Å². The topological polar surface area (TPSA) is 61.9 Å². The van der Waals surface area contributed by atoms with E-state index >= 15 is 0 Å². The fourth-order valence-corrected chi connectivity index (χ4v) is 4.90. The van der Waals surface area contributed by atoms with Crippen LogP contribution in [0, 0.1) is 0 Å². The Balaban J connectivity index is 1.24. The van der Waals surface area contributed by atoms with Gasteiger partial charge < -0.3 is 0 Å². The molecule has 4 rings (SSSR count). The van der Waals surface area contributed by atoms with Crippen LogP contribution in [-0.4, -0.2) is 34.7 Å². The molecule has 2 N–H and O–H groups in total. The number of unbranched alkanes of at least 4 members (excludes halogenated alkanes) is 2. The molecule has 3 aliphatic heterocycles. The molecule has 0 aromatic carbocycles. The van der Waals surface area contributed by atoms with E-state index in [1.807, 2.05) is 17.4 Å². The van der Waals surface area contributed by atoms with E-state index in [2.05, 4.69) is 28.5 Å². The number of thiophene rings is 1. The average Bonchev–Trinajstić information content (AvgIpc) is 3.01. The highest BCUT2D eigenvalue weighted by atomic mass is 32.1. The summed E-state index contributed by atoms with van der Waals surface area (Å²) >= 11 is 1.90. The van der Waals surface area contributed by atoms with Crippen molar-refractivity contribution in [1.29, 1.82) is 0 Å². The summed E-state index contributed by atoms with van der Waals surface area (Å²) in [5.41, 5.74) is 3.61. The zero-order valence-corrected chi connectivity index (χ0v) is 17.1. The lowest BCUT2D eigenvalue weighted by molar-refractivity contribution is -0.122. The molecular weight excluding hydrogens is 368 g/mol. The van der Waals surface area contributed by atoms with Crippen LogP contribution in [0.3, 0.4) is 0 Å². The Morgan fingerprint density at radius 2 is 2.14 bits per heavy atom. The molecule has 0 fully saturated rings. The maximum atomic E-state index is 12.0. The van der Waals surface area contributed by atoms with Gasteiger partial charge >= 0.3 is 0 Å². The van der Waals surface area contributed by atoms with Gasteiger partial charge in [0.2, 0.25) is 0 Å². The molecule has 3 aliphatic rings. The molecule has 0 aliphatic carbocycles. The van der Waals surface area contributed by atoms with Crippen molar-refractivity contribution in [2.45, 2.75) is 51.5 Å². The Labute approximate surface area is 170 Å². The van der Waals surface area contributed by atoms with Gasteiger partial charge in [0.1, 0.15) is 0 Å². The zero-order chi connectivity index (χ0) is 19.3. The van der Waals surface area contributed by atoms with Gasteiger partial charge in [0.05, 0.1) is 0 Å². The second kappa shape index (κ2) is 8.99. The van der Waals surface area contributed by atoms with Crippen LogP contribution in [0.5, 0.6) is 0 Å². The van der Waals surface area contributed by atoms with E-state index in [0.29, 0.717) is 12.3 Å². The molecule has 1 amide bonds. The zero-order valence-electron chi connectivity index (χ0n) is 16.3. The van der Waals surface area contributed by atoms with E-state index in [-0.39, 0.29) is 5.91 Å². The van der Waals surface area contributed by atoms with Crippen LogP contribution in [0.2, 0.25) is 0 Å². The summed E-state index contributed by atoms with van der Waals surface area (Å²) in [5, 5.41) is 3.40. The highest BCUT2D eigenvalue weighted by molar-refractivity contribution is 7.10. The molecule has 0 spiro atoms. The molecule has 0 bridgehead atoms. The smallest absolute Gasteiger partial charge is 0.266 e. The van der Waals surface area contributed by atoms with Crippen LogP contribution >= 0.6 is 11.3 Å². The summed E-state index contributed by atoms with van der Waals surface area (Å²) in [7, 11) is 0. The number of carbonyl (C=O) groups is 1. The maximum absolute atomic E-state index is 12.0. The SMILES string of the molecule is NN1C(=O)C=CCC2=CCC=C(CCCCCN3CCc4sccc4C3)N=C21. The number of carbonyl (C=O) groups excluding carboxylic acids is 1. The number of fused-ring (bicyclic) bond motifs is 2. The molecule has 0 unspecified atom stereocenters. The van der Waals surface area contributed by atoms with Gasteiger partial charge in [-0.05, 0) is 67.7 Å². The maximum Gasteiger partial charge on any atom is 0.266 e. The first-order valence-electron chi connectivity index (χ1n) is 10.2. The Hall–Kier alpha value is -2.02. The first kappa shape index (κ1) is 19.3. The molecule has 28 heavy (non-hydrogen) atoms. The van der Waals surface area contributed by atoms with E-state index in [4.69, 9.17) is 10.8 Å². The summed E-state index contributed by atoms with van der Waals surface area (Å²) in [6.45, 7) is 3.47. The molecule has 6 heteroatoms. The highest BCUT2D eigenvalue weighted by Gasteiger charge is 2.22. The number of rotatable bonds is 6. The predicted molar refractivity (Wildman–Crippen MR) is 115 cm³/mol. The number of hydrogen-bond acceptors (Lipinski definition) is 5. The summed E-state index contributed by atoms with van der Waals surface area (Å²) in [6.07, 6.45) is 14.9. The number of nitrogens with two attached hydrogens (primary N) is 1. The van der Waals surface area contributed by atoms with Crippen LogP contribution in [0.25, 0.3) is 0 Å². The Morgan fingerprint density at radius 3 is 3.07 bits per heavy atom. The molecular formula is C22H28N4OS. The van der Waals surface area contributed by atoms with Crippen LogP contribution in [0.15, 0.2) is 52.0 Å². The van der Waals surface area contributed by atoms with Crippen LogP contribution < -0.4 is 5.84 Å². The lowest BCUT2D eigenvalue weighted by Gasteiger charge is -2.26. The first-order chi connectivity index (χ1) is 13.7. The number of hydrazine groups is 1. The summed E-state index contributed by atoms with van der Waals surface area (Å²) in [5.74, 6) is 6.38. The minimum absolute atomic E-state index is 0.210. The van der Waals surface area contributed by atoms with Crippen molar-refractivity contribution >= 4 is 23.1 Å². The van der Waals surface area contributed by atoms with Gasteiger partial charge in [0, 0.05) is 29.7 Å². The summed E-state index contributed by atoms with van der Waals surface area (Å²) in [6, 6.07) is 2.28. The van der Waals surface area contributed by atoms with Gasteiger partial charge in [-0.2, -0.15) is 0 Å². The van der Waals surface area contributed by atoms with Crippen molar-refractivity contribution < 1.29 is 4.79 Å². The van der Waals surface area contributed by atoms with E-state index in [1.54, 1.807) is 4.88 Å². The monoisotopic (exact) mass is 396 g/mol. The lowest BCUT2D eigenvalue weighted by Crippen LogP contribution is -2.41. The van der Waals surface area contributed by atoms with Crippen LogP contribution in [0.4, 0.5) is 0 Å². The fourth-order valence-electron chi connectivity index (χ4n) is 4.01. The number of aliphatic imine (C=N–C) groups is 1. The minimum Gasteiger partial charge on any atom is -0.299 e. The standard InChI is InChI=1S/C22H28N4OS/c23-26-21(27)10-5-7-17-6-4-9-19(24-22(17)26)8-2-1-3-13-25-14-11-20-18(16-25)12-15-28-20/h5-6,9-10,12,15H,1-4,7-8,11,13-14,16,23H2. The number of nitrogens with zero attached hydrogens (tertiary/aromatic N) is 3. The molecule has 0 radical (unpaired) electrons. The van der Waals surface area contributed by atoms with Crippen molar-refractivity contribution in [1.82, 2.24) is 9.91 Å². The number of amidine groups is 1. The third-order valence-electron chi connectivity index (χ3n) is 5.61. The van der Waals surface area contributed by atoms with Crippen molar-refractivity contribution in [3.8, 4) is 0 Å². The van der Waals surface area contributed by atoms with Gasteiger partial charge in [-0.25, -0.2) is 15.8 Å². The predicted octanol–water partition coefficient (Wildman–Crippen LogP) is 3.94. The Kier molecular flexibility index (Phi) is 6.20. The molecule has 0 atom stereocenters. The molecule has 0 saturated heterocycles. The second-order valence-corrected chi connectivity index (χ2v) is 8.62. The van der Waals surface area contributed by atoms with E-state index < -0.39 is 0 Å². The average molecular weight is 397 g/mol.